The lowest BCUT2D eigenvalue weighted by Gasteiger charge is -2.08. The third-order valence-electron chi connectivity index (χ3n) is 3.94. The van der Waals surface area contributed by atoms with Crippen molar-refractivity contribution in [1.82, 2.24) is 20.4 Å². The highest BCUT2D eigenvalue weighted by atomic mass is 35.5. The number of carbonyl (C=O) groups is 2. The lowest BCUT2D eigenvalue weighted by atomic mass is 10.2. The molecule has 0 aliphatic rings. The number of thiophene rings is 1. The highest BCUT2D eigenvalue weighted by Crippen LogP contribution is 2.29. The highest BCUT2D eigenvalue weighted by Gasteiger charge is 2.17. The summed E-state index contributed by atoms with van der Waals surface area (Å²) in [4.78, 5) is 25.6. The highest BCUT2D eigenvalue weighted by molar-refractivity contribution is 7.20. The number of nitrogens with zero attached hydrogens (tertiary/aromatic N) is 2. The second-order valence-electron chi connectivity index (χ2n) is 6.60. The molecule has 3 rings (SSSR count). The summed E-state index contributed by atoms with van der Waals surface area (Å²) in [5.41, 5.74) is 1.94. The topological polar surface area (TPSA) is 76.0 Å². The minimum Gasteiger partial charge on any atom is -0.352 e. The first-order valence-corrected chi connectivity index (χ1v) is 9.82. The van der Waals surface area contributed by atoms with Crippen molar-refractivity contribution in [3.63, 3.8) is 0 Å². The van der Waals surface area contributed by atoms with Crippen molar-refractivity contribution in [1.29, 1.82) is 0 Å². The van der Waals surface area contributed by atoms with Crippen LogP contribution >= 0.6 is 22.9 Å². The summed E-state index contributed by atoms with van der Waals surface area (Å²) in [6.07, 6.45) is 0. The van der Waals surface area contributed by atoms with Crippen LogP contribution in [0.5, 0.6) is 0 Å². The van der Waals surface area contributed by atoms with E-state index in [4.69, 9.17) is 11.6 Å². The van der Waals surface area contributed by atoms with Crippen molar-refractivity contribution in [2.24, 2.45) is 0 Å². The van der Waals surface area contributed by atoms with E-state index in [1.54, 1.807) is 0 Å². The van der Waals surface area contributed by atoms with Gasteiger partial charge in [0.15, 0.2) is 0 Å². The van der Waals surface area contributed by atoms with Crippen molar-refractivity contribution in [3.05, 3.63) is 51.5 Å². The summed E-state index contributed by atoms with van der Waals surface area (Å²) in [6.45, 7) is 6.23. The first kappa shape index (κ1) is 19.4. The predicted molar refractivity (Wildman–Crippen MR) is 109 cm³/mol. The van der Waals surface area contributed by atoms with E-state index in [9.17, 15) is 9.59 Å². The maximum atomic E-state index is 12.4. The molecule has 2 aromatic heterocycles. The number of amides is 2. The van der Waals surface area contributed by atoms with Crippen molar-refractivity contribution in [2.45, 2.75) is 33.4 Å². The van der Waals surface area contributed by atoms with Crippen molar-refractivity contribution < 1.29 is 9.59 Å². The average molecular weight is 405 g/mol. The Kier molecular flexibility index (Phi) is 5.82. The van der Waals surface area contributed by atoms with E-state index in [2.05, 4.69) is 15.7 Å². The van der Waals surface area contributed by atoms with Gasteiger partial charge in [-0.2, -0.15) is 5.10 Å². The Labute approximate surface area is 166 Å². The van der Waals surface area contributed by atoms with Gasteiger partial charge in [-0.25, -0.2) is 0 Å². The monoisotopic (exact) mass is 404 g/mol. The molecule has 0 saturated heterocycles. The fourth-order valence-corrected chi connectivity index (χ4v) is 3.92. The van der Waals surface area contributed by atoms with E-state index >= 15 is 0 Å². The molecule has 0 spiro atoms. The minimum atomic E-state index is -0.257. The quantitative estimate of drug-likeness (QED) is 0.661. The van der Waals surface area contributed by atoms with Crippen molar-refractivity contribution >= 4 is 45.0 Å². The molecule has 8 heteroatoms. The molecular weight excluding hydrogens is 384 g/mol. The first-order valence-electron chi connectivity index (χ1n) is 8.62. The molecule has 2 heterocycles. The van der Waals surface area contributed by atoms with Crippen molar-refractivity contribution in [2.75, 3.05) is 6.54 Å². The van der Waals surface area contributed by atoms with E-state index < -0.39 is 0 Å². The molecule has 0 radical (unpaired) electrons. The Bertz CT molecular complexity index is 976. The summed E-state index contributed by atoms with van der Waals surface area (Å²) >= 11 is 7.31. The van der Waals surface area contributed by atoms with E-state index in [1.165, 1.54) is 11.3 Å². The fourth-order valence-electron chi connectivity index (χ4n) is 2.72. The van der Waals surface area contributed by atoms with Crippen LogP contribution in [0, 0.1) is 6.92 Å². The van der Waals surface area contributed by atoms with Crippen LogP contribution in [0.4, 0.5) is 0 Å². The largest absolute Gasteiger partial charge is 0.352 e. The molecule has 2 N–H and O–H groups in total. The third-order valence-corrected chi connectivity index (χ3v) is 5.34. The lowest BCUT2D eigenvalue weighted by molar-refractivity contribution is -0.120. The number of hydrogen-bond donors (Lipinski definition) is 2. The van der Waals surface area contributed by atoms with Gasteiger partial charge in [-0.15, -0.1) is 11.3 Å². The summed E-state index contributed by atoms with van der Waals surface area (Å²) in [5.74, 6) is -0.461. The van der Waals surface area contributed by atoms with Gasteiger partial charge in [0.05, 0.1) is 23.7 Å². The van der Waals surface area contributed by atoms with Crippen LogP contribution in [0.25, 0.3) is 10.2 Å². The van der Waals surface area contributed by atoms with Crippen LogP contribution in [0.3, 0.4) is 0 Å². The zero-order valence-corrected chi connectivity index (χ0v) is 16.9. The SMILES string of the molecule is Cc1nn(Cc2ccc(Cl)cc2)c2sc(C(=O)NCC(=O)NC(C)C)cc12. The van der Waals surface area contributed by atoms with Gasteiger partial charge in [-0.05, 0) is 44.5 Å². The molecular formula is C19H21ClN4O2S. The Morgan fingerprint density at radius 3 is 2.63 bits per heavy atom. The Hall–Kier alpha value is -2.38. The Balaban J connectivity index is 1.76. The van der Waals surface area contributed by atoms with Crippen LogP contribution in [0.15, 0.2) is 30.3 Å². The number of hydrogen-bond acceptors (Lipinski definition) is 4. The third kappa shape index (κ3) is 4.67. The summed E-state index contributed by atoms with van der Waals surface area (Å²) in [7, 11) is 0. The van der Waals surface area contributed by atoms with Gasteiger partial charge in [-0.3, -0.25) is 14.3 Å². The number of aromatic nitrogens is 2. The van der Waals surface area contributed by atoms with E-state index in [0.29, 0.717) is 16.4 Å². The van der Waals surface area contributed by atoms with Gasteiger partial charge < -0.3 is 10.6 Å². The Morgan fingerprint density at radius 2 is 1.96 bits per heavy atom. The zero-order valence-electron chi connectivity index (χ0n) is 15.4. The zero-order chi connectivity index (χ0) is 19.6. The standard InChI is InChI=1S/C19H21ClN4O2S/c1-11(2)22-17(25)9-21-18(26)16-8-15-12(3)23-24(19(15)27-16)10-13-4-6-14(20)7-5-13/h4-8,11H,9-10H2,1-3H3,(H,21,26)(H,22,25). The molecule has 0 aliphatic carbocycles. The number of fused-ring (bicyclic) bond motifs is 1. The Morgan fingerprint density at radius 1 is 1.26 bits per heavy atom. The molecule has 2 amide bonds. The van der Waals surface area contributed by atoms with Crippen LogP contribution in [0.1, 0.15) is 34.8 Å². The summed E-state index contributed by atoms with van der Waals surface area (Å²) in [6, 6.07) is 9.48. The van der Waals surface area contributed by atoms with E-state index in [0.717, 1.165) is 21.5 Å². The van der Waals surface area contributed by atoms with Crippen LogP contribution in [0.2, 0.25) is 5.02 Å². The van der Waals surface area contributed by atoms with Crippen LogP contribution in [-0.2, 0) is 11.3 Å². The number of carbonyl (C=O) groups excluding carboxylic acids is 2. The van der Waals surface area contributed by atoms with Crippen LogP contribution < -0.4 is 10.6 Å². The molecule has 6 nitrogen and oxygen atoms in total. The molecule has 3 aromatic rings. The molecule has 0 aliphatic heterocycles. The van der Waals surface area contributed by atoms with Crippen molar-refractivity contribution in [3.8, 4) is 0 Å². The molecule has 27 heavy (non-hydrogen) atoms. The molecule has 0 fully saturated rings. The van der Waals surface area contributed by atoms with Gasteiger partial charge in [-0.1, -0.05) is 23.7 Å². The summed E-state index contributed by atoms with van der Waals surface area (Å²) in [5, 5.41) is 11.6. The number of nitrogens with one attached hydrogen (secondary N) is 2. The average Bonchev–Trinajstić information content (AvgIpc) is 3.16. The molecule has 0 atom stereocenters. The molecule has 0 unspecified atom stereocenters. The maximum Gasteiger partial charge on any atom is 0.261 e. The number of rotatable bonds is 6. The first-order chi connectivity index (χ1) is 12.8. The number of benzene rings is 1. The van der Waals surface area contributed by atoms with Gasteiger partial charge in [0.2, 0.25) is 5.91 Å². The van der Waals surface area contributed by atoms with Gasteiger partial charge >= 0.3 is 0 Å². The smallest absolute Gasteiger partial charge is 0.261 e. The van der Waals surface area contributed by atoms with E-state index in [1.807, 2.05) is 55.8 Å². The molecule has 0 bridgehead atoms. The summed E-state index contributed by atoms with van der Waals surface area (Å²) < 4.78 is 1.89. The molecule has 1 aromatic carbocycles. The number of halogens is 1. The molecule has 0 saturated carbocycles. The fraction of sp³-hybridized carbons (Fsp3) is 0.316. The maximum absolute atomic E-state index is 12.4. The second-order valence-corrected chi connectivity index (χ2v) is 8.07. The normalized spacial score (nSPS) is 11.1. The van der Waals surface area contributed by atoms with Crippen LogP contribution in [-0.4, -0.2) is 34.2 Å². The minimum absolute atomic E-state index is 0.0405. The van der Waals surface area contributed by atoms with E-state index in [-0.39, 0.29) is 24.4 Å². The predicted octanol–water partition coefficient (Wildman–Crippen LogP) is 3.36. The van der Waals surface area contributed by atoms with Gasteiger partial charge in [0.25, 0.3) is 5.91 Å². The van der Waals surface area contributed by atoms with Gasteiger partial charge in [0, 0.05) is 16.5 Å². The van der Waals surface area contributed by atoms with Gasteiger partial charge in [0.1, 0.15) is 4.83 Å². The second kappa shape index (κ2) is 8.10. The number of aryl methyl sites for hydroxylation is 1. The lowest BCUT2D eigenvalue weighted by Crippen LogP contribution is -2.39. The molecule has 142 valence electrons.